The zero-order chi connectivity index (χ0) is 25.3. The van der Waals surface area contributed by atoms with Crippen LogP contribution < -0.4 is 14.9 Å². The largest absolute Gasteiger partial charge is 0.489 e. The van der Waals surface area contributed by atoms with E-state index in [1.807, 2.05) is 37.3 Å². The van der Waals surface area contributed by atoms with Crippen molar-refractivity contribution in [3.05, 3.63) is 129 Å². The molecule has 180 valence electrons. The predicted molar refractivity (Wildman–Crippen MR) is 143 cm³/mol. The molecule has 0 aliphatic heterocycles. The fourth-order valence-corrected chi connectivity index (χ4v) is 3.64. The monoisotopic (exact) mass is 542 g/mol. The number of nitrogens with one attached hydrogen (secondary N) is 1. The van der Waals surface area contributed by atoms with E-state index >= 15 is 0 Å². The summed E-state index contributed by atoms with van der Waals surface area (Å²) in [6.45, 7) is 2.50. The molecule has 7 heteroatoms. The summed E-state index contributed by atoms with van der Waals surface area (Å²) in [5.41, 5.74) is 6.42. The second kappa shape index (κ2) is 12.0. The Kier molecular flexibility index (Phi) is 8.26. The zero-order valence-electron chi connectivity index (χ0n) is 19.5. The third kappa shape index (κ3) is 6.90. The summed E-state index contributed by atoms with van der Waals surface area (Å²) >= 11 is 3.34. The number of benzene rings is 4. The van der Waals surface area contributed by atoms with Crippen LogP contribution in [0.3, 0.4) is 0 Å². The number of carbonyl (C=O) groups is 2. The lowest BCUT2D eigenvalue weighted by atomic mass is 10.2. The number of rotatable bonds is 8. The Balaban J connectivity index is 1.26. The second-order valence-corrected chi connectivity index (χ2v) is 8.79. The number of hydrogen-bond donors (Lipinski definition) is 1. The summed E-state index contributed by atoms with van der Waals surface area (Å²) < 4.78 is 11.8. The Labute approximate surface area is 217 Å². The maximum Gasteiger partial charge on any atom is 0.344 e. The molecule has 4 aromatic carbocycles. The molecule has 0 bridgehead atoms. The van der Waals surface area contributed by atoms with Crippen molar-refractivity contribution in [1.82, 2.24) is 5.43 Å². The van der Waals surface area contributed by atoms with Crippen LogP contribution >= 0.6 is 15.9 Å². The van der Waals surface area contributed by atoms with Crippen LogP contribution in [0.5, 0.6) is 11.5 Å². The molecule has 0 atom stereocenters. The van der Waals surface area contributed by atoms with E-state index in [-0.39, 0.29) is 5.91 Å². The van der Waals surface area contributed by atoms with E-state index in [1.165, 1.54) is 11.8 Å². The molecule has 0 saturated carbocycles. The Morgan fingerprint density at radius 2 is 1.53 bits per heavy atom. The predicted octanol–water partition coefficient (Wildman–Crippen LogP) is 6.32. The van der Waals surface area contributed by atoms with Gasteiger partial charge in [-0.1, -0.05) is 42.0 Å². The van der Waals surface area contributed by atoms with E-state index in [4.69, 9.17) is 9.47 Å². The van der Waals surface area contributed by atoms with E-state index in [2.05, 4.69) is 26.5 Å². The first-order valence-electron chi connectivity index (χ1n) is 11.2. The fraction of sp³-hybridized carbons (Fsp3) is 0.0690. The molecule has 0 spiro atoms. The Bertz CT molecular complexity index is 1370. The molecule has 0 fully saturated rings. The number of esters is 1. The Morgan fingerprint density at radius 3 is 2.22 bits per heavy atom. The van der Waals surface area contributed by atoms with Crippen molar-refractivity contribution in [2.75, 3.05) is 0 Å². The number of halogens is 1. The Hall–Kier alpha value is -4.23. The zero-order valence-corrected chi connectivity index (χ0v) is 21.1. The smallest absolute Gasteiger partial charge is 0.344 e. The SMILES string of the molecule is Cc1ccc(COc2ccc(C(=O)N/N=C\c3ccc(OC(=O)c4ccccc4Br)cc3)cc2)cc1. The lowest BCUT2D eigenvalue weighted by Crippen LogP contribution is -2.17. The average molecular weight is 543 g/mol. The first-order valence-corrected chi connectivity index (χ1v) is 12.0. The van der Waals surface area contributed by atoms with Crippen LogP contribution in [0.4, 0.5) is 0 Å². The summed E-state index contributed by atoms with van der Waals surface area (Å²) in [6.07, 6.45) is 1.51. The molecule has 1 N–H and O–H groups in total. The molecule has 6 nitrogen and oxygen atoms in total. The second-order valence-electron chi connectivity index (χ2n) is 7.94. The van der Waals surface area contributed by atoms with E-state index < -0.39 is 5.97 Å². The third-order valence-electron chi connectivity index (χ3n) is 5.21. The highest BCUT2D eigenvalue weighted by atomic mass is 79.9. The van der Waals surface area contributed by atoms with E-state index in [9.17, 15) is 9.59 Å². The van der Waals surface area contributed by atoms with Gasteiger partial charge >= 0.3 is 5.97 Å². The number of amides is 1. The quantitative estimate of drug-likeness (QED) is 0.122. The van der Waals surface area contributed by atoms with Gasteiger partial charge in [-0.05, 0) is 94.6 Å². The lowest BCUT2D eigenvalue weighted by molar-refractivity contribution is 0.0733. The number of hydrazone groups is 1. The number of hydrogen-bond acceptors (Lipinski definition) is 5. The highest BCUT2D eigenvalue weighted by Crippen LogP contribution is 2.19. The number of ether oxygens (including phenoxy) is 2. The van der Waals surface area contributed by atoms with Gasteiger partial charge in [0.1, 0.15) is 18.1 Å². The summed E-state index contributed by atoms with van der Waals surface area (Å²) in [6, 6.07) is 28.8. The first kappa shape index (κ1) is 24.9. The molecule has 36 heavy (non-hydrogen) atoms. The molecular formula is C29H23BrN2O4. The van der Waals surface area contributed by atoms with Gasteiger partial charge in [0.2, 0.25) is 0 Å². The molecule has 4 aromatic rings. The van der Waals surface area contributed by atoms with Gasteiger partial charge in [0.05, 0.1) is 11.8 Å². The van der Waals surface area contributed by atoms with Crippen LogP contribution in [0, 0.1) is 6.92 Å². The summed E-state index contributed by atoms with van der Waals surface area (Å²) in [5, 5.41) is 4.00. The van der Waals surface area contributed by atoms with Gasteiger partial charge in [0, 0.05) is 10.0 Å². The molecule has 0 unspecified atom stereocenters. The van der Waals surface area contributed by atoms with Crippen LogP contribution in [-0.4, -0.2) is 18.1 Å². The lowest BCUT2D eigenvalue weighted by Gasteiger charge is -2.07. The molecule has 0 aromatic heterocycles. The summed E-state index contributed by atoms with van der Waals surface area (Å²) in [4.78, 5) is 24.7. The van der Waals surface area contributed by atoms with Gasteiger partial charge in [-0.15, -0.1) is 0 Å². The molecule has 0 aliphatic carbocycles. The van der Waals surface area contributed by atoms with Crippen LogP contribution in [-0.2, 0) is 6.61 Å². The maximum atomic E-state index is 12.4. The van der Waals surface area contributed by atoms with Gasteiger partial charge < -0.3 is 9.47 Å². The molecule has 0 radical (unpaired) electrons. The van der Waals surface area contributed by atoms with Crippen molar-refractivity contribution in [1.29, 1.82) is 0 Å². The van der Waals surface area contributed by atoms with Crippen LogP contribution in [0.15, 0.2) is 107 Å². The van der Waals surface area contributed by atoms with Gasteiger partial charge in [-0.25, -0.2) is 10.2 Å². The van der Waals surface area contributed by atoms with Gasteiger partial charge in [-0.3, -0.25) is 4.79 Å². The van der Waals surface area contributed by atoms with E-state index in [0.717, 1.165) is 11.1 Å². The Morgan fingerprint density at radius 1 is 0.861 bits per heavy atom. The number of aryl methyl sites for hydroxylation is 1. The van der Waals surface area contributed by atoms with Gasteiger partial charge in [0.25, 0.3) is 5.91 Å². The molecular weight excluding hydrogens is 520 g/mol. The highest BCUT2D eigenvalue weighted by molar-refractivity contribution is 9.10. The third-order valence-corrected chi connectivity index (χ3v) is 5.90. The van der Waals surface area contributed by atoms with Crippen LogP contribution in [0.25, 0.3) is 0 Å². The van der Waals surface area contributed by atoms with Gasteiger partial charge in [0.15, 0.2) is 0 Å². The molecule has 0 aliphatic rings. The summed E-state index contributed by atoms with van der Waals surface area (Å²) in [5.74, 6) is 0.288. The van der Waals surface area contributed by atoms with Crippen molar-refractivity contribution in [2.24, 2.45) is 5.10 Å². The molecule has 1 amide bonds. The minimum atomic E-state index is -0.456. The van der Waals surface area contributed by atoms with Crippen molar-refractivity contribution in [3.63, 3.8) is 0 Å². The fourth-order valence-electron chi connectivity index (χ4n) is 3.19. The van der Waals surface area contributed by atoms with Crippen LogP contribution in [0.1, 0.15) is 37.4 Å². The minimum Gasteiger partial charge on any atom is -0.489 e. The standard InChI is InChI=1S/C29H23BrN2O4/c1-20-6-8-22(9-7-20)19-35-24-16-12-23(13-17-24)28(33)32-31-18-21-10-14-25(15-11-21)36-29(34)26-4-2-3-5-27(26)30/h2-18H,19H2,1H3,(H,32,33)/b31-18-. The number of nitrogens with zero attached hydrogens (tertiary/aromatic N) is 1. The average Bonchev–Trinajstić information content (AvgIpc) is 2.90. The van der Waals surface area contributed by atoms with Gasteiger partial charge in [-0.2, -0.15) is 5.10 Å². The molecule has 0 heterocycles. The van der Waals surface area contributed by atoms with E-state index in [1.54, 1.807) is 66.7 Å². The molecule has 4 rings (SSSR count). The van der Waals surface area contributed by atoms with Crippen molar-refractivity contribution in [2.45, 2.75) is 13.5 Å². The summed E-state index contributed by atoms with van der Waals surface area (Å²) in [7, 11) is 0. The topological polar surface area (TPSA) is 77.0 Å². The maximum absolute atomic E-state index is 12.4. The normalized spacial score (nSPS) is 10.7. The number of carbonyl (C=O) groups excluding carboxylic acids is 2. The minimum absolute atomic E-state index is 0.338. The van der Waals surface area contributed by atoms with Crippen molar-refractivity contribution < 1.29 is 19.1 Å². The van der Waals surface area contributed by atoms with Crippen LogP contribution in [0.2, 0.25) is 0 Å². The van der Waals surface area contributed by atoms with E-state index in [0.29, 0.717) is 33.7 Å². The molecule has 0 saturated heterocycles. The van der Waals surface area contributed by atoms with Crippen molar-refractivity contribution >= 4 is 34.0 Å². The highest BCUT2D eigenvalue weighted by Gasteiger charge is 2.11. The van der Waals surface area contributed by atoms with Crippen molar-refractivity contribution in [3.8, 4) is 11.5 Å². The first-order chi connectivity index (χ1) is 17.5.